The zero-order chi connectivity index (χ0) is 12.7. The fourth-order valence-electron chi connectivity index (χ4n) is 2.40. The zero-order valence-corrected chi connectivity index (χ0v) is 11.8. The van der Waals surface area contributed by atoms with Crippen LogP contribution in [0.1, 0.15) is 48.5 Å². The summed E-state index contributed by atoms with van der Waals surface area (Å²) >= 11 is 0. The molecule has 1 aliphatic rings. The van der Waals surface area contributed by atoms with Gasteiger partial charge in [-0.15, -0.1) is 0 Å². The summed E-state index contributed by atoms with van der Waals surface area (Å²) in [6.45, 7) is 19.5. The van der Waals surface area contributed by atoms with Gasteiger partial charge in [-0.25, -0.2) is 0 Å². The molecule has 0 bridgehead atoms. The van der Waals surface area contributed by atoms with Gasteiger partial charge in [0.2, 0.25) is 0 Å². The molecule has 0 heteroatoms. The predicted octanol–water partition coefficient (Wildman–Crippen LogP) is 5.20. The van der Waals surface area contributed by atoms with Crippen LogP contribution in [0.5, 0.6) is 0 Å². The van der Waals surface area contributed by atoms with Crippen molar-refractivity contribution in [1.82, 2.24) is 0 Å². The molecule has 0 saturated heterocycles. The maximum absolute atomic E-state index is 4.02. The molecule has 0 N–H and O–H groups in total. The van der Waals surface area contributed by atoms with Crippen molar-refractivity contribution in [2.45, 2.75) is 48.5 Å². The van der Waals surface area contributed by atoms with Crippen molar-refractivity contribution in [3.8, 4) is 0 Å². The quantitative estimate of drug-likeness (QED) is 0.556. The Morgan fingerprint density at radius 3 is 1.69 bits per heavy atom. The largest absolute Gasteiger partial charge is 0.0959 e. The van der Waals surface area contributed by atoms with Crippen LogP contribution in [0, 0.1) is 5.41 Å². The van der Waals surface area contributed by atoms with Gasteiger partial charge < -0.3 is 0 Å². The second-order valence-corrected chi connectivity index (χ2v) is 5.31. The number of hydrogen-bond acceptors (Lipinski definition) is 0. The molecular weight excluding hydrogens is 192 g/mol. The first-order valence-corrected chi connectivity index (χ1v) is 5.93. The molecule has 0 nitrogen and oxygen atoms in total. The van der Waals surface area contributed by atoms with E-state index >= 15 is 0 Å². The molecule has 0 aromatic rings. The summed E-state index contributed by atoms with van der Waals surface area (Å²) in [7, 11) is 0. The molecule has 0 aliphatic heterocycles. The lowest BCUT2D eigenvalue weighted by Crippen LogP contribution is -2.14. The molecule has 0 aromatic heterocycles. The minimum absolute atomic E-state index is 0.0944. The average Bonchev–Trinajstić information content (AvgIpc) is 2.35. The standard InChI is InChI=1S/C16H24/c1-10(2)11(3)9-16(8)14(6)12(4)13(5)15(16)7/h9H,1H2,2-8H3. The van der Waals surface area contributed by atoms with Crippen LogP contribution in [0.3, 0.4) is 0 Å². The lowest BCUT2D eigenvalue weighted by Gasteiger charge is -2.26. The molecule has 0 heterocycles. The van der Waals surface area contributed by atoms with Crippen LogP contribution in [-0.4, -0.2) is 0 Å². The van der Waals surface area contributed by atoms with Gasteiger partial charge >= 0.3 is 0 Å². The summed E-state index contributed by atoms with van der Waals surface area (Å²) in [6.07, 6.45) is 2.36. The topological polar surface area (TPSA) is 0 Å². The molecule has 0 aromatic carbocycles. The van der Waals surface area contributed by atoms with Crippen molar-refractivity contribution >= 4 is 0 Å². The van der Waals surface area contributed by atoms with E-state index in [-0.39, 0.29) is 5.41 Å². The normalized spacial score (nSPS) is 20.8. The van der Waals surface area contributed by atoms with Gasteiger partial charge in [0, 0.05) is 5.41 Å². The number of hydrogen-bond donors (Lipinski definition) is 0. The number of rotatable bonds is 2. The Labute approximate surface area is 100 Å². The Morgan fingerprint density at radius 2 is 1.38 bits per heavy atom. The molecule has 1 rings (SSSR count). The van der Waals surface area contributed by atoms with E-state index in [2.05, 4.69) is 61.1 Å². The van der Waals surface area contributed by atoms with Crippen LogP contribution in [-0.2, 0) is 0 Å². The van der Waals surface area contributed by atoms with Gasteiger partial charge in [0.25, 0.3) is 0 Å². The minimum atomic E-state index is 0.0944. The summed E-state index contributed by atoms with van der Waals surface area (Å²) in [5.74, 6) is 0. The molecule has 0 saturated carbocycles. The third-order valence-corrected chi connectivity index (χ3v) is 4.42. The van der Waals surface area contributed by atoms with Crippen molar-refractivity contribution < 1.29 is 0 Å². The summed E-state index contributed by atoms with van der Waals surface area (Å²) in [5.41, 5.74) is 8.40. The van der Waals surface area contributed by atoms with Crippen molar-refractivity contribution in [2.75, 3.05) is 0 Å². The fraction of sp³-hybridized carbons (Fsp3) is 0.500. The van der Waals surface area contributed by atoms with Crippen molar-refractivity contribution in [3.63, 3.8) is 0 Å². The highest BCUT2D eigenvalue weighted by Crippen LogP contribution is 2.48. The maximum atomic E-state index is 4.02. The van der Waals surface area contributed by atoms with E-state index in [4.69, 9.17) is 0 Å². The van der Waals surface area contributed by atoms with Crippen LogP contribution >= 0.6 is 0 Å². The maximum Gasteiger partial charge on any atom is 0.0284 e. The van der Waals surface area contributed by atoms with E-state index in [1.165, 1.54) is 27.9 Å². The lowest BCUT2D eigenvalue weighted by atomic mass is 9.77. The van der Waals surface area contributed by atoms with Crippen LogP contribution < -0.4 is 0 Å². The van der Waals surface area contributed by atoms with Gasteiger partial charge in [0.1, 0.15) is 0 Å². The Hall–Kier alpha value is -1.04. The van der Waals surface area contributed by atoms with Crippen LogP contribution in [0.25, 0.3) is 0 Å². The van der Waals surface area contributed by atoms with Crippen molar-refractivity contribution in [1.29, 1.82) is 0 Å². The van der Waals surface area contributed by atoms with E-state index < -0.39 is 0 Å². The second-order valence-electron chi connectivity index (χ2n) is 5.31. The summed E-state index contributed by atoms with van der Waals surface area (Å²) in [4.78, 5) is 0. The smallest absolute Gasteiger partial charge is 0.0284 e. The van der Waals surface area contributed by atoms with Gasteiger partial charge in [-0.05, 0) is 59.6 Å². The third kappa shape index (κ3) is 1.81. The summed E-state index contributed by atoms with van der Waals surface area (Å²) < 4.78 is 0. The van der Waals surface area contributed by atoms with E-state index in [0.717, 1.165) is 5.57 Å². The van der Waals surface area contributed by atoms with Gasteiger partial charge in [-0.3, -0.25) is 0 Å². The summed E-state index contributed by atoms with van der Waals surface area (Å²) in [5, 5.41) is 0. The highest BCUT2D eigenvalue weighted by Gasteiger charge is 2.34. The van der Waals surface area contributed by atoms with Gasteiger partial charge in [0.05, 0.1) is 0 Å². The first kappa shape index (κ1) is 13.0. The van der Waals surface area contributed by atoms with E-state index in [0.29, 0.717) is 0 Å². The molecule has 88 valence electrons. The molecule has 0 radical (unpaired) electrons. The average molecular weight is 216 g/mol. The highest BCUT2D eigenvalue weighted by atomic mass is 14.4. The molecule has 0 spiro atoms. The Balaban J connectivity index is 3.33. The molecule has 0 unspecified atom stereocenters. The highest BCUT2D eigenvalue weighted by molar-refractivity contribution is 5.54. The monoisotopic (exact) mass is 216 g/mol. The first-order chi connectivity index (χ1) is 7.21. The van der Waals surface area contributed by atoms with Crippen LogP contribution in [0.2, 0.25) is 0 Å². The SMILES string of the molecule is C=C(C)C(C)=CC1(C)C(C)=C(C)C(C)=C1C. The van der Waals surface area contributed by atoms with Crippen molar-refractivity contribution in [3.05, 3.63) is 46.1 Å². The van der Waals surface area contributed by atoms with Crippen molar-refractivity contribution in [2.24, 2.45) is 5.41 Å². The number of allylic oxidation sites excluding steroid dienone is 7. The molecule has 1 aliphatic carbocycles. The third-order valence-electron chi connectivity index (χ3n) is 4.42. The first-order valence-electron chi connectivity index (χ1n) is 5.93. The molecule has 0 amide bonds. The van der Waals surface area contributed by atoms with Crippen LogP contribution in [0.15, 0.2) is 46.1 Å². The minimum Gasteiger partial charge on any atom is -0.0959 e. The van der Waals surface area contributed by atoms with Crippen LogP contribution in [0.4, 0.5) is 0 Å². The Morgan fingerprint density at radius 1 is 1.00 bits per heavy atom. The zero-order valence-electron chi connectivity index (χ0n) is 11.8. The summed E-state index contributed by atoms with van der Waals surface area (Å²) in [6, 6.07) is 0. The fourth-order valence-corrected chi connectivity index (χ4v) is 2.40. The molecule has 0 atom stereocenters. The van der Waals surface area contributed by atoms with Gasteiger partial charge in [-0.1, -0.05) is 34.9 Å². The van der Waals surface area contributed by atoms with E-state index in [1.54, 1.807) is 0 Å². The van der Waals surface area contributed by atoms with Gasteiger partial charge in [0.15, 0.2) is 0 Å². The van der Waals surface area contributed by atoms with Gasteiger partial charge in [-0.2, -0.15) is 0 Å². The Kier molecular flexibility index (Phi) is 3.33. The second kappa shape index (κ2) is 4.08. The Bertz CT molecular complexity index is 401. The van der Waals surface area contributed by atoms with E-state index in [1.807, 2.05) is 0 Å². The molecular formula is C16H24. The molecule has 16 heavy (non-hydrogen) atoms. The lowest BCUT2D eigenvalue weighted by molar-refractivity contribution is 0.620. The molecule has 0 fully saturated rings. The predicted molar refractivity (Wildman–Crippen MR) is 73.4 cm³/mol. The van der Waals surface area contributed by atoms with E-state index in [9.17, 15) is 0 Å².